The highest BCUT2D eigenvalue weighted by Crippen LogP contribution is 2.27. The molecule has 0 radical (unpaired) electrons. The van der Waals surface area contributed by atoms with Crippen LogP contribution in [0.4, 0.5) is 0 Å². The van der Waals surface area contributed by atoms with Crippen LogP contribution in [-0.4, -0.2) is 21.0 Å². The van der Waals surface area contributed by atoms with E-state index in [0.717, 1.165) is 26.1 Å². The monoisotopic (exact) mass is 323 g/mol. The van der Waals surface area contributed by atoms with Crippen LogP contribution in [0.5, 0.6) is 0 Å². The second-order valence-corrected chi connectivity index (χ2v) is 7.11. The molecule has 3 nitrogen and oxygen atoms in total. The van der Waals surface area contributed by atoms with Crippen LogP contribution in [0.3, 0.4) is 0 Å². The Morgan fingerprint density at radius 3 is 2.87 bits per heavy atom. The van der Waals surface area contributed by atoms with E-state index in [4.69, 9.17) is 4.98 Å². The van der Waals surface area contributed by atoms with Gasteiger partial charge in [0.05, 0.1) is 10.7 Å². The highest BCUT2D eigenvalue weighted by molar-refractivity contribution is 7.09. The van der Waals surface area contributed by atoms with Crippen LogP contribution in [0, 0.1) is 0 Å². The standard InChI is InChI=1S/C19H21N3S/c1-15-18-8-5-9-21(18)10-11-22(15)13-17-14-23-19(20-17)12-16-6-3-2-4-7-16/h2-9,14-15H,10-13H2,1H3. The van der Waals surface area contributed by atoms with Gasteiger partial charge >= 0.3 is 0 Å². The van der Waals surface area contributed by atoms with Crippen molar-refractivity contribution in [2.45, 2.75) is 32.5 Å². The van der Waals surface area contributed by atoms with Crippen molar-refractivity contribution in [3.8, 4) is 0 Å². The van der Waals surface area contributed by atoms with Crippen LogP contribution in [0.15, 0.2) is 54.0 Å². The lowest BCUT2D eigenvalue weighted by atomic mass is 10.1. The van der Waals surface area contributed by atoms with Gasteiger partial charge in [-0.25, -0.2) is 4.98 Å². The van der Waals surface area contributed by atoms with E-state index < -0.39 is 0 Å². The number of nitrogens with zero attached hydrogens (tertiary/aromatic N) is 3. The van der Waals surface area contributed by atoms with Gasteiger partial charge in [0.1, 0.15) is 0 Å². The van der Waals surface area contributed by atoms with Crippen molar-refractivity contribution in [1.29, 1.82) is 0 Å². The first kappa shape index (κ1) is 14.7. The van der Waals surface area contributed by atoms with Crippen LogP contribution in [0.2, 0.25) is 0 Å². The first-order valence-corrected chi connectivity index (χ1v) is 9.04. The highest BCUT2D eigenvalue weighted by Gasteiger charge is 2.23. The van der Waals surface area contributed by atoms with Gasteiger partial charge < -0.3 is 4.57 Å². The molecule has 0 saturated carbocycles. The number of aromatic nitrogens is 2. The van der Waals surface area contributed by atoms with E-state index in [0.29, 0.717) is 6.04 Å². The van der Waals surface area contributed by atoms with E-state index in [1.807, 2.05) is 0 Å². The quantitative estimate of drug-likeness (QED) is 0.720. The Kier molecular flexibility index (Phi) is 4.02. The first-order chi connectivity index (χ1) is 11.3. The minimum absolute atomic E-state index is 0.457. The average molecular weight is 323 g/mol. The summed E-state index contributed by atoms with van der Waals surface area (Å²) < 4.78 is 2.36. The van der Waals surface area contributed by atoms with Gasteiger partial charge in [-0.2, -0.15) is 0 Å². The molecule has 1 aliphatic heterocycles. The smallest absolute Gasteiger partial charge is 0.0972 e. The molecular weight excluding hydrogens is 302 g/mol. The summed E-state index contributed by atoms with van der Waals surface area (Å²) in [5.41, 5.74) is 3.95. The summed E-state index contributed by atoms with van der Waals surface area (Å²) in [7, 11) is 0. The van der Waals surface area contributed by atoms with Gasteiger partial charge in [0.15, 0.2) is 0 Å². The minimum atomic E-state index is 0.457. The molecule has 0 aliphatic carbocycles. The van der Waals surface area contributed by atoms with Gasteiger partial charge in [0.25, 0.3) is 0 Å². The summed E-state index contributed by atoms with van der Waals surface area (Å²) in [5.74, 6) is 0. The molecule has 0 bridgehead atoms. The third kappa shape index (κ3) is 3.09. The molecule has 1 aliphatic rings. The summed E-state index contributed by atoms with van der Waals surface area (Å²) >= 11 is 1.78. The fourth-order valence-electron chi connectivity index (χ4n) is 3.32. The molecule has 1 atom stereocenters. The molecule has 1 unspecified atom stereocenters. The lowest BCUT2D eigenvalue weighted by Gasteiger charge is -2.34. The first-order valence-electron chi connectivity index (χ1n) is 8.16. The molecule has 0 spiro atoms. The summed E-state index contributed by atoms with van der Waals surface area (Å²) in [6.45, 7) is 5.40. The van der Waals surface area contributed by atoms with Crippen molar-refractivity contribution in [2.75, 3.05) is 6.54 Å². The second-order valence-electron chi connectivity index (χ2n) is 6.17. The van der Waals surface area contributed by atoms with Crippen molar-refractivity contribution in [3.63, 3.8) is 0 Å². The Balaban J connectivity index is 1.44. The van der Waals surface area contributed by atoms with E-state index in [-0.39, 0.29) is 0 Å². The van der Waals surface area contributed by atoms with Crippen LogP contribution in [-0.2, 0) is 19.5 Å². The molecule has 3 heterocycles. The predicted octanol–water partition coefficient (Wildman–Crippen LogP) is 4.11. The van der Waals surface area contributed by atoms with Crippen molar-refractivity contribution in [2.24, 2.45) is 0 Å². The van der Waals surface area contributed by atoms with Gasteiger partial charge in [-0.3, -0.25) is 4.90 Å². The normalized spacial score (nSPS) is 18.0. The van der Waals surface area contributed by atoms with E-state index >= 15 is 0 Å². The molecule has 0 N–H and O–H groups in total. The van der Waals surface area contributed by atoms with E-state index in [9.17, 15) is 0 Å². The molecule has 118 valence electrons. The van der Waals surface area contributed by atoms with Gasteiger partial charge in [0.2, 0.25) is 0 Å². The zero-order chi connectivity index (χ0) is 15.6. The number of benzene rings is 1. The molecule has 2 aromatic heterocycles. The molecule has 4 rings (SSSR count). The maximum absolute atomic E-state index is 4.85. The Morgan fingerprint density at radius 2 is 2.00 bits per heavy atom. The summed E-state index contributed by atoms with van der Waals surface area (Å²) in [4.78, 5) is 7.37. The van der Waals surface area contributed by atoms with Crippen molar-refractivity contribution in [3.05, 3.63) is 76.0 Å². The molecule has 4 heteroatoms. The van der Waals surface area contributed by atoms with E-state index in [2.05, 4.69) is 70.4 Å². The van der Waals surface area contributed by atoms with Crippen LogP contribution in [0.25, 0.3) is 0 Å². The van der Waals surface area contributed by atoms with Gasteiger partial charge in [0, 0.05) is 49.4 Å². The maximum Gasteiger partial charge on any atom is 0.0972 e. The lowest BCUT2D eigenvalue weighted by Crippen LogP contribution is -2.35. The number of fused-ring (bicyclic) bond motifs is 1. The Labute approximate surface area is 141 Å². The molecular formula is C19H21N3S. The average Bonchev–Trinajstić information content (AvgIpc) is 3.21. The fraction of sp³-hybridized carbons (Fsp3) is 0.316. The molecule has 3 aromatic rings. The van der Waals surface area contributed by atoms with E-state index in [1.54, 1.807) is 11.3 Å². The number of thiazole rings is 1. The molecule has 0 fully saturated rings. The summed E-state index contributed by atoms with van der Waals surface area (Å²) in [6, 6.07) is 15.4. The molecule has 23 heavy (non-hydrogen) atoms. The lowest BCUT2D eigenvalue weighted by molar-refractivity contribution is 0.159. The molecule has 1 aromatic carbocycles. The van der Waals surface area contributed by atoms with Crippen molar-refractivity contribution in [1.82, 2.24) is 14.5 Å². The minimum Gasteiger partial charge on any atom is -0.349 e. The zero-order valence-corrected chi connectivity index (χ0v) is 14.2. The Hall–Kier alpha value is -1.91. The molecule has 0 saturated heterocycles. The molecule has 0 amide bonds. The number of hydrogen-bond donors (Lipinski definition) is 0. The summed E-state index contributed by atoms with van der Waals surface area (Å²) in [6.07, 6.45) is 3.12. The fourth-order valence-corrected chi connectivity index (χ4v) is 4.14. The topological polar surface area (TPSA) is 21.1 Å². The van der Waals surface area contributed by atoms with Crippen LogP contribution in [0.1, 0.15) is 34.9 Å². The van der Waals surface area contributed by atoms with Crippen LogP contribution < -0.4 is 0 Å². The van der Waals surface area contributed by atoms with Crippen molar-refractivity contribution >= 4 is 11.3 Å². The largest absolute Gasteiger partial charge is 0.349 e. The Morgan fingerprint density at radius 1 is 1.13 bits per heavy atom. The predicted molar refractivity (Wildman–Crippen MR) is 94.6 cm³/mol. The summed E-state index contributed by atoms with van der Waals surface area (Å²) in [5, 5.41) is 3.43. The van der Waals surface area contributed by atoms with Gasteiger partial charge in [-0.15, -0.1) is 11.3 Å². The van der Waals surface area contributed by atoms with Gasteiger partial charge in [-0.05, 0) is 24.6 Å². The van der Waals surface area contributed by atoms with Crippen LogP contribution >= 0.6 is 11.3 Å². The van der Waals surface area contributed by atoms with E-state index in [1.165, 1.54) is 22.0 Å². The second kappa shape index (κ2) is 6.30. The van der Waals surface area contributed by atoms with Crippen molar-refractivity contribution < 1.29 is 0 Å². The Bertz CT molecular complexity index is 775. The highest BCUT2D eigenvalue weighted by atomic mass is 32.1. The number of rotatable bonds is 4. The SMILES string of the molecule is CC1c2cccn2CCN1Cc1csc(Cc2ccccc2)n1. The third-order valence-electron chi connectivity index (χ3n) is 4.63. The zero-order valence-electron chi connectivity index (χ0n) is 13.4. The van der Waals surface area contributed by atoms with Gasteiger partial charge in [-0.1, -0.05) is 30.3 Å². The number of hydrogen-bond acceptors (Lipinski definition) is 3. The third-order valence-corrected chi connectivity index (χ3v) is 5.53. The maximum atomic E-state index is 4.85.